The predicted molar refractivity (Wildman–Crippen MR) is 158 cm³/mol. The minimum absolute atomic E-state index is 0.0583. The molecule has 3 aromatic rings. The van der Waals surface area contributed by atoms with Crippen LogP contribution in [-0.2, 0) is 20.7 Å². The number of hydrogen-bond donors (Lipinski definition) is 5. The minimum Gasteiger partial charge on any atom is -0.507 e. The van der Waals surface area contributed by atoms with Gasteiger partial charge in [0.2, 0.25) is 5.78 Å². The van der Waals surface area contributed by atoms with E-state index in [2.05, 4.69) is 5.32 Å². The molecule has 1 aliphatic heterocycles. The van der Waals surface area contributed by atoms with E-state index in [0.717, 1.165) is 6.92 Å². The number of methoxy groups -OCH3 is 2. The van der Waals surface area contributed by atoms with Crippen LogP contribution in [-0.4, -0.2) is 82.1 Å². The Bertz CT molecular complexity index is 1890. The number of rotatable bonds is 7. The van der Waals surface area contributed by atoms with Crippen LogP contribution < -0.4 is 25.6 Å². The molecule has 4 unspecified atom stereocenters. The molecule has 5 N–H and O–H groups in total. The molecule has 0 radical (unpaired) electrons. The normalized spacial score (nSPS) is 27.0. The Balaban J connectivity index is 1.42. The fraction of sp³-hybridized carbons (Fsp3) is 0.406. The van der Waals surface area contributed by atoms with Gasteiger partial charge in [-0.1, -0.05) is 12.1 Å². The molecule has 0 bridgehead atoms. The molecule has 0 aromatic heterocycles. The molecular weight excluding hydrogens is 606 g/mol. The molecule has 0 saturated carbocycles. The number of carbonyl (C=O) groups excluding carboxylic acids is 3. The summed E-state index contributed by atoms with van der Waals surface area (Å²) in [6.07, 6.45) is -5.68. The van der Waals surface area contributed by atoms with Crippen molar-refractivity contribution in [1.29, 1.82) is 0 Å². The van der Waals surface area contributed by atoms with E-state index >= 15 is 0 Å². The Kier molecular flexibility index (Phi) is 7.51. The van der Waals surface area contributed by atoms with Crippen molar-refractivity contribution in [3.05, 3.63) is 72.0 Å². The number of nitrogens with one attached hydrogen (secondary N) is 1. The molecule has 0 spiro atoms. The number of aliphatic hydroxyl groups is 2. The number of aliphatic hydroxyl groups excluding tert-OH is 1. The minimum atomic E-state index is -2.10. The smallest absolute Gasteiger partial charge is 0.271 e. The van der Waals surface area contributed by atoms with Crippen LogP contribution in [0.4, 0.5) is 5.69 Å². The van der Waals surface area contributed by atoms with Crippen molar-refractivity contribution in [2.75, 3.05) is 19.5 Å². The number of phenols is 2. The van der Waals surface area contributed by atoms with E-state index in [4.69, 9.17) is 18.9 Å². The lowest BCUT2D eigenvalue weighted by Gasteiger charge is -2.43. The molecule has 1 heterocycles. The molecule has 2 aliphatic carbocycles. The molecule has 14 nitrogen and oxygen atoms in total. The summed E-state index contributed by atoms with van der Waals surface area (Å²) in [6.45, 7) is 2.67. The summed E-state index contributed by atoms with van der Waals surface area (Å²) < 4.78 is 22.3. The number of ketones is 3. The van der Waals surface area contributed by atoms with Crippen molar-refractivity contribution in [3.63, 3.8) is 0 Å². The summed E-state index contributed by atoms with van der Waals surface area (Å²) in [6, 6.07) is 3.46. The summed E-state index contributed by atoms with van der Waals surface area (Å²) in [7, 11) is 2.54. The SMILES string of the molecule is COc1cccc2c1C(=O)c1c(O)c3c(c(O)c1C2=O)C[C@@](O)(C(C)=O)C[C@@H]3OC1CC(Nc2c(OC)c(=O)c2=O)C(O)C(C)O1. The van der Waals surface area contributed by atoms with Crippen LogP contribution in [0.3, 0.4) is 0 Å². The summed E-state index contributed by atoms with van der Waals surface area (Å²) in [5.41, 5.74) is -5.28. The first-order valence-electron chi connectivity index (χ1n) is 14.5. The highest BCUT2D eigenvalue weighted by molar-refractivity contribution is 6.31. The summed E-state index contributed by atoms with van der Waals surface area (Å²) in [5.74, 6) is -3.72. The lowest BCUT2D eigenvalue weighted by atomic mass is 9.72. The molecule has 1 saturated heterocycles. The fourth-order valence-electron chi connectivity index (χ4n) is 6.65. The first kappa shape index (κ1) is 31.4. The molecule has 1 fully saturated rings. The maximum atomic E-state index is 13.8. The van der Waals surface area contributed by atoms with E-state index in [0.29, 0.717) is 0 Å². The Hall–Kier alpha value is -4.63. The van der Waals surface area contributed by atoms with Gasteiger partial charge in [0.15, 0.2) is 23.6 Å². The monoisotopic (exact) mass is 637 g/mol. The summed E-state index contributed by atoms with van der Waals surface area (Å²) in [4.78, 5) is 64.1. The number of benzene rings is 2. The third-order valence-electron chi connectivity index (χ3n) is 9.15. The van der Waals surface area contributed by atoms with E-state index in [1.165, 1.54) is 39.3 Å². The zero-order valence-corrected chi connectivity index (χ0v) is 25.2. The molecule has 3 aromatic carbocycles. The highest BCUT2D eigenvalue weighted by Crippen LogP contribution is 2.52. The molecular formula is C32H31NO13. The second-order valence-electron chi connectivity index (χ2n) is 11.8. The molecule has 46 heavy (non-hydrogen) atoms. The lowest BCUT2D eigenvalue weighted by molar-refractivity contribution is -0.245. The van der Waals surface area contributed by atoms with Gasteiger partial charge in [0.05, 0.1) is 49.2 Å². The van der Waals surface area contributed by atoms with Gasteiger partial charge >= 0.3 is 0 Å². The van der Waals surface area contributed by atoms with Crippen LogP contribution >= 0.6 is 0 Å². The first-order chi connectivity index (χ1) is 21.7. The van der Waals surface area contributed by atoms with E-state index in [1.807, 2.05) is 0 Å². The van der Waals surface area contributed by atoms with Crippen molar-refractivity contribution in [2.45, 2.75) is 69.4 Å². The van der Waals surface area contributed by atoms with Crippen molar-refractivity contribution in [3.8, 4) is 23.0 Å². The number of fused-ring (bicyclic) bond motifs is 3. The van der Waals surface area contributed by atoms with Gasteiger partial charge in [-0.3, -0.25) is 24.0 Å². The second kappa shape index (κ2) is 11.0. The van der Waals surface area contributed by atoms with Gasteiger partial charge in [0.1, 0.15) is 34.6 Å². The third-order valence-corrected chi connectivity index (χ3v) is 9.15. The van der Waals surface area contributed by atoms with Gasteiger partial charge < -0.3 is 44.7 Å². The van der Waals surface area contributed by atoms with Crippen LogP contribution in [0.2, 0.25) is 0 Å². The van der Waals surface area contributed by atoms with Gasteiger partial charge in [-0.15, -0.1) is 0 Å². The topological polar surface area (TPSA) is 215 Å². The fourth-order valence-corrected chi connectivity index (χ4v) is 6.65. The average molecular weight is 638 g/mol. The van der Waals surface area contributed by atoms with Crippen LogP contribution in [0.5, 0.6) is 23.0 Å². The summed E-state index contributed by atoms with van der Waals surface area (Å²) in [5, 5.41) is 48.2. The van der Waals surface area contributed by atoms with Gasteiger partial charge in [0.25, 0.3) is 10.9 Å². The Morgan fingerprint density at radius 2 is 1.70 bits per heavy atom. The second-order valence-corrected chi connectivity index (χ2v) is 11.8. The zero-order valence-electron chi connectivity index (χ0n) is 25.2. The van der Waals surface area contributed by atoms with Crippen LogP contribution in [0.25, 0.3) is 0 Å². The number of ether oxygens (including phenoxy) is 4. The lowest BCUT2D eigenvalue weighted by Crippen LogP contribution is -2.53. The number of hydrogen-bond acceptors (Lipinski definition) is 14. The summed E-state index contributed by atoms with van der Waals surface area (Å²) >= 11 is 0. The molecule has 3 aliphatic rings. The number of Topliss-reactive ketones (excluding diaryl/α,β-unsaturated/α-hetero) is 1. The van der Waals surface area contributed by atoms with E-state index in [1.54, 1.807) is 0 Å². The molecule has 14 heteroatoms. The van der Waals surface area contributed by atoms with Crippen LogP contribution in [0, 0.1) is 0 Å². The van der Waals surface area contributed by atoms with Crippen LogP contribution in [0.1, 0.15) is 75.8 Å². The van der Waals surface area contributed by atoms with Gasteiger partial charge in [0, 0.05) is 36.0 Å². The van der Waals surface area contributed by atoms with Crippen molar-refractivity contribution >= 4 is 23.0 Å². The van der Waals surface area contributed by atoms with E-state index in [9.17, 15) is 44.4 Å². The molecule has 6 atom stereocenters. The third kappa shape index (κ3) is 4.51. The first-order valence-corrected chi connectivity index (χ1v) is 14.5. The van der Waals surface area contributed by atoms with Gasteiger partial charge in [-0.2, -0.15) is 0 Å². The van der Waals surface area contributed by atoms with Crippen molar-refractivity contribution < 1.29 is 53.8 Å². The number of anilines is 1. The molecule has 242 valence electrons. The number of phenolic OH excluding ortho intramolecular Hbond substituents is 2. The molecule has 0 amide bonds. The van der Waals surface area contributed by atoms with Gasteiger partial charge in [-0.05, 0) is 19.9 Å². The Morgan fingerprint density at radius 3 is 2.35 bits per heavy atom. The number of aromatic hydroxyl groups is 2. The average Bonchev–Trinajstić information content (AvgIpc) is 3.02. The maximum Gasteiger partial charge on any atom is 0.271 e. The zero-order chi connectivity index (χ0) is 33.4. The quantitative estimate of drug-likeness (QED) is 0.140. The van der Waals surface area contributed by atoms with Gasteiger partial charge in [-0.25, -0.2) is 0 Å². The highest BCUT2D eigenvalue weighted by atomic mass is 16.7. The molecule has 6 rings (SSSR count). The Morgan fingerprint density at radius 1 is 1.00 bits per heavy atom. The van der Waals surface area contributed by atoms with Crippen LogP contribution in [0.15, 0.2) is 27.8 Å². The van der Waals surface area contributed by atoms with E-state index < -0.39 is 99.9 Å². The standard InChI is InChI=1S/C32H31NO13/c1-11-24(35)15(33-23-29(40)30(41)31(23)44-4)8-18(45-11)46-17-10-32(42,12(2)34)9-14-20(17)28(39)22-21(26(14)37)25(36)13-6-5-7-16(43-3)19(13)27(22)38/h5-7,11,15,17-18,24,33,35,37,39,42H,8-10H2,1-4H3/t11?,15?,17-,18?,24?,32-/m0/s1. The number of carbonyl (C=O) groups is 3. The maximum absolute atomic E-state index is 13.8. The van der Waals surface area contributed by atoms with Crippen molar-refractivity contribution in [2.24, 2.45) is 0 Å². The van der Waals surface area contributed by atoms with Crippen molar-refractivity contribution in [1.82, 2.24) is 0 Å². The Labute approximate surface area is 260 Å². The highest BCUT2D eigenvalue weighted by Gasteiger charge is 2.49. The predicted octanol–water partition coefficient (Wildman–Crippen LogP) is 0.787. The largest absolute Gasteiger partial charge is 0.507 e. The van der Waals surface area contributed by atoms with E-state index in [-0.39, 0.29) is 45.9 Å².